The van der Waals surface area contributed by atoms with E-state index in [9.17, 15) is 4.79 Å². The smallest absolute Gasteiger partial charge is 0.267 e. The van der Waals surface area contributed by atoms with Crippen LogP contribution in [-0.4, -0.2) is 11.8 Å². The summed E-state index contributed by atoms with van der Waals surface area (Å²) in [6, 6.07) is 16.3. The number of carbonyl (C=O) groups excluding carboxylic acids is 2. The van der Waals surface area contributed by atoms with Crippen molar-refractivity contribution in [1.82, 2.24) is 0 Å². The van der Waals surface area contributed by atoms with E-state index >= 15 is 0 Å². The third-order valence-corrected chi connectivity index (χ3v) is 5.73. The van der Waals surface area contributed by atoms with E-state index in [4.69, 9.17) is 4.42 Å². The van der Waals surface area contributed by atoms with Gasteiger partial charge < -0.3 is 0 Å². The summed E-state index contributed by atoms with van der Waals surface area (Å²) in [6.45, 7) is 0. The van der Waals surface area contributed by atoms with Gasteiger partial charge in [0.1, 0.15) is 5.57 Å². The summed E-state index contributed by atoms with van der Waals surface area (Å²) in [5, 5.41) is 0. The first-order valence-electron chi connectivity index (χ1n) is 9.69. The minimum Gasteiger partial charge on any atom is -0.267 e. The summed E-state index contributed by atoms with van der Waals surface area (Å²) in [6.07, 6.45) is 11.7. The fourth-order valence-electron chi connectivity index (χ4n) is 4.37. The van der Waals surface area contributed by atoms with Crippen molar-refractivity contribution in [2.45, 2.75) is 32.1 Å². The van der Waals surface area contributed by atoms with Gasteiger partial charge in [-0.1, -0.05) is 54.1 Å². The van der Waals surface area contributed by atoms with Crippen LogP contribution in [0.1, 0.15) is 52.4 Å². The maximum atomic E-state index is 12.9. The first-order chi connectivity index (χ1) is 13.3. The van der Waals surface area contributed by atoms with Crippen molar-refractivity contribution in [3.8, 4) is 0 Å². The van der Waals surface area contributed by atoms with Gasteiger partial charge in [0.15, 0.2) is 0 Å². The zero-order valence-electron chi connectivity index (χ0n) is 15.2. The van der Waals surface area contributed by atoms with Gasteiger partial charge >= 0.3 is 5.97 Å². The highest BCUT2D eigenvalue weighted by Gasteiger charge is 2.31. The Morgan fingerprint density at radius 2 is 1.52 bits per heavy atom. The van der Waals surface area contributed by atoms with E-state index in [1.54, 1.807) is 0 Å². The highest BCUT2D eigenvalue weighted by Crippen LogP contribution is 2.36. The zero-order chi connectivity index (χ0) is 18.2. The SMILES string of the molecule is O=C([O+]=C1C=CC(=C2CCCC2)c2ccccc21)C1=CCc2ccccc21. The van der Waals surface area contributed by atoms with E-state index in [2.05, 4.69) is 24.3 Å². The van der Waals surface area contributed by atoms with Gasteiger partial charge in [-0.15, -0.1) is 0 Å². The summed E-state index contributed by atoms with van der Waals surface area (Å²) < 4.78 is 5.87. The normalized spacial score (nSPS) is 19.3. The van der Waals surface area contributed by atoms with E-state index in [0.717, 1.165) is 17.5 Å². The second-order valence-corrected chi connectivity index (χ2v) is 7.34. The second-order valence-electron chi connectivity index (χ2n) is 7.34. The predicted octanol–water partition coefficient (Wildman–Crippen LogP) is 5.47. The van der Waals surface area contributed by atoms with Gasteiger partial charge in [0, 0.05) is 6.08 Å². The van der Waals surface area contributed by atoms with E-state index in [-0.39, 0.29) is 5.97 Å². The van der Waals surface area contributed by atoms with Crippen LogP contribution < -0.4 is 0 Å². The van der Waals surface area contributed by atoms with Gasteiger partial charge in [-0.3, -0.25) is 4.42 Å². The second kappa shape index (κ2) is 6.62. The van der Waals surface area contributed by atoms with Crippen molar-refractivity contribution in [2.24, 2.45) is 0 Å². The molecule has 0 spiro atoms. The van der Waals surface area contributed by atoms with Gasteiger partial charge in [-0.25, -0.2) is 0 Å². The molecule has 132 valence electrons. The van der Waals surface area contributed by atoms with Crippen LogP contribution in [0.25, 0.3) is 11.1 Å². The average Bonchev–Trinajstić information content (AvgIpc) is 3.38. The van der Waals surface area contributed by atoms with E-state index in [1.165, 1.54) is 48.0 Å². The van der Waals surface area contributed by atoms with Crippen LogP contribution in [0.4, 0.5) is 0 Å². The number of ketones is 1. The Bertz CT molecular complexity index is 1060. The van der Waals surface area contributed by atoms with Crippen molar-refractivity contribution in [3.05, 3.63) is 94.6 Å². The molecule has 0 bridgehead atoms. The average molecular weight is 353 g/mol. The minimum absolute atomic E-state index is 0.272. The molecule has 5 rings (SSSR count). The Balaban J connectivity index is 1.54. The Morgan fingerprint density at radius 3 is 2.33 bits per heavy atom. The molecular weight excluding hydrogens is 332 g/mol. The molecule has 2 aromatic rings. The fraction of sp³-hybridized carbons (Fsp3) is 0.200. The van der Waals surface area contributed by atoms with Crippen molar-refractivity contribution >= 4 is 22.9 Å². The number of allylic oxidation sites excluding steroid dienone is 5. The highest BCUT2D eigenvalue weighted by atomic mass is 16.5. The number of rotatable bonds is 1. The fourth-order valence-corrected chi connectivity index (χ4v) is 4.37. The molecule has 2 heteroatoms. The van der Waals surface area contributed by atoms with Crippen LogP contribution in [0.15, 0.2) is 72.3 Å². The monoisotopic (exact) mass is 353 g/mol. The molecule has 1 fully saturated rings. The van der Waals surface area contributed by atoms with Crippen LogP contribution >= 0.6 is 0 Å². The molecule has 0 N–H and O–H groups in total. The maximum Gasteiger partial charge on any atom is 0.613 e. The molecule has 0 aromatic heterocycles. The maximum absolute atomic E-state index is 12.9. The van der Waals surface area contributed by atoms with Gasteiger partial charge in [0.2, 0.25) is 0 Å². The third kappa shape index (κ3) is 2.82. The number of hydrogen-bond acceptors (Lipinski definition) is 1. The van der Waals surface area contributed by atoms with Gasteiger partial charge in [0.25, 0.3) is 5.78 Å². The lowest BCUT2D eigenvalue weighted by atomic mass is 9.88. The highest BCUT2D eigenvalue weighted by molar-refractivity contribution is 6.21. The van der Waals surface area contributed by atoms with Gasteiger partial charge in [-0.2, -0.15) is 0 Å². The van der Waals surface area contributed by atoms with Crippen LogP contribution in [0.3, 0.4) is 0 Å². The van der Waals surface area contributed by atoms with Crippen LogP contribution in [-0.2, 0) is 11.2 Å². The number of carbonyl (C=O) groups is 1. The van der Waals surface area contributed by atoms with Crippen LogP contribution in [0.2, 0.25) is 0 Å². The zero-order valence-corrected chi connectivity index (χ0v) is 15.2. The Hall–Kier alpha value is -3.00. The van der Waals surface area contributed by atoms with Crippen molar-refractivity contribution in [1.29, 1.82) is 0 Å². The Labute approximate surface area is 159 Å². The summed E-state index contributed by atoms with van der Waals surface area (Å²) in [5.74, 6) is 0.370. The molecule has 3 aliphatic rings. The third-order valence-electron chi connectivity index (χ3n) is 5.73. The summed E-state index contributed by atoms with van der Waals surface area (Å²) in [7, 11) is 0. The molecule has 0 unspecified atom stereocenters. The predicted molar refractivity (Wildman–Crippen MR) is 108 cm³/mol. The number of hydrogen-bond donors (Lipinski definition) is 0. The van der Waals surface area contributed by atoms with Crippen molar-refractivity contribution in [3.63, 3.8) is 0 Å². The lowest BCUT2D eigenvalue weighted by Gasteiger charge is -2.15. The largest absolute Gasteiger partial charge is 0.613 e. The molecule has 2 nitrogen and oxygen atoms in total. The first kappa shape index (κ1) is 16.2. The van der Waals surface area contributed by atoms with Crippen molar-refractivity contribution < 1.29 is 9.22 Å². The van der Waals surface area contributed by atoms with Crippen LogP contribution in [0.5, 0.6) is 0 Å². The Morgan fingerprint density at radius 1 is 0.815 bits per heavy atom. The van der Waals surface area contributed by atoms with E-state index in [0.29, 0.717) is 11.4 Å². The molecule has 0 amide bonds. The molecule has 3 aliphatic carbocycles. The summed E-state index contributed by atoms with van der Waals surface area (Å²) in [5.41, 5.74) is 7.87. The molecule has 0 atom stereocenters. The molecule has 1 saturated carbocycles. The molecule has 0 saturated heterocycles. The number of fused-ring (bicyclic) bond motifs is 2. The van der Waals surface area contributed by atoms with Gasteiger partial charge in [0.05, 0.1) is 10.4 Å². The molecule has 2 aromatic carbocycles. The first-order valence-corrected chi connectivity index (χ1v) is 9.69. The van der Waals surface area contributed by atoms with Crippen molar-refractivity contribution in [2.75, 3.05) is 0 Å². The molecular formula is C25H21O2+. The molecule has 0 aliphatic heterocycles. The van der Waals surface area contributed by atoms with Gasteiger partial charge in [-0.05, 0) is 66.5 Å². The van der Waals surface area contributed by atoms with E-state index < -0.39 is 0 Å². The molecule has 0 heterocycles. The topological polar surface area (TPSA) is 28.4 Å². The summed E-state index contributed by atoms with van der Waals surface area (Å²) in [4.78, 5) is 12.9. The quantitative estimate of drug-likeness (QED) is 0.625. The number of benzene rings is 2. The van der Waals surface area contributed by atoms with Crippen LogP contribution in [0, 0.1) is 0 Å². The minimum atomic E-state index is -0.272. The van der Waals surface area contributed by atoms with E-state index in [1.807, 2.05) is 42.5 Å². The molecule has 27 heavy (non-hydrogen) atoms. The lowest BCUT2D eigenvalue weighted by Crippen LogP contribution is -2.11. The Kier molecular flexibility index (Phi) is 3.97. The summed E-state index contributed by atoms with van der Waals surface area (Å²) >= 11 is 0. The molecule has 0 radical (unpaired) electrons. The lowest BCUT2D eigenvalue weighted by molar-refractivity contribution is -0.234. The standard InChI is InChI=1S/C25H21O2/c26-25(23-14-13-18-9-3-4-10-19(18)23)27-24-16-15-20(17-7-1-2-8-17)21-11-5-6-12-22(21)24/h3-6,9-12,14-16H,1-2,7-8,13H2/q+1.